The van der Waals surface area contributed by atoms with E-state index in [1.54, 1.807) is 0 Å². The SMILES string of the molecule is CC(O)C(N)CNC(=O)c1c(O)cccc1O. The zero-order chi connectivity index (χ0) is 13.0. The van der Waals surface area contributed by atoms with Crippen molar-refractivity contribution in [2.45, 2.75) is 19.1 Å². The summed E-state index contributed by atoms with van der Waals surface area (Å²) >= 11 is 0. The molecule has 0 aromatic heterocycles. The van der Waals surface area contributed by atoms with Gasteiger partial charge in [-0.2, -0.15) is 0 Å². The lowest BCUT2D eigenvalue weighted by molar-refractivity contribution is 0.0932. The number of benzene rings is 1. The van der Waals surface area contributed by atoms with E-state index in [-0.39, 0.29) is 23.6 Å². The number of nitrogens with two attached hydrogens (primary N) is 1. The fourth-order valence-corrected chi connectivity index (χ4v) is 1.23. The molecule has 0 aliphatic rings. The average molecular weight is 240 g/mol. The summed E-state index contributed by atoms with van der Waals surface area (Å²) in [5.41, 5.74) is 5.33. The standard InChI is InChI=1S/C11H16N2O4/c1-6(14)7(12)5-13-11(17)10-8(15)3-2-4-9(10)16/h2-4,6-7,14-16H,5,12H2,1H3,(H,13,17). The first-order chi connectivity index (χ1) is 7.93. The minimum Gasteiger partial charge on any atom is -0.507 e. The third kappa shape index (κ3) is 3.33. The van der Waals surface area contributed by atoms with Gasteiger partial charge in [-0.15, -0.1) is 0 Å². The van der Waals surface area contributed by atoms with Gasteiger partial charge in [0.2, 0.25) is 0 Å². The first-order valence-electron chi connectivity index (χ1n) is 5.16. The third-order valence-electron chi connectivity index (χ3n) is 2.37. The lowest BCUT2D eigenvalue weighted by atomic mass is 10.1. The molecule has 0 fully saturated rings. The number of hydrogen-bond donors (Lipinski definition) is 5. The molecule has 0 heterocycles. The Bertz CT molecular complexity index is 386. The number of aliphatic hydroxyl groups excluding tert-OH is 1. The Morgan fingerprint density at radius 2 is 1.94 bits per heavy atom. The molecule has 0 spiro atoms. The monoisotopic (exact) mass is 240 g/mol. The summed E-state index contributed by atoms with van der Waals surface area (Å²) < 4.78 is 0. The molecule has 0 aliphatic carbocycles. The molecule has 6 N–H and O–H groups in total. The van der Waals surface area contributed by atoms with Crippen LogP contribution in [0.2, 0.25) is 0 Å². The molecular weight excluding hydrogens is 224 g/mol. The Balaban J connectivity index is 2.71. The third-order valence-corrected chi connectivity index (χ3v) is 2.37. The second kappa shape index (κ2) is 5.51. The van der Waals surface area contributed by atoms with E-state index in [0.717, 1.165) is 0 Å². The van der Waals surface area contributed by atoms with Gasteiger partial charge < -0.3 is 26.4 Å². The van der Waals surface area contributed by atoms with Gasteiger partial charge >= 0.3 is 0 Å². The quantitative estimate of drug-likeness (QED) is 0.488. The number of carbonyl (C=O) groups excluding carboxylic acids is 1. The van der Waals surface area contributed by atoms with Gasteiger partial charge in [0.15, 0.2) is 0 Å². The van der Waals surface area contributed by atoms with Crippen molar-refractivity contribution < 1.29 is 20.1 Å². The van der Waals surface area contributed by atoms with Crippen molar-refractivity contribution in [2.24, 2.45) is 5.73 Å². The number of carbonyl (C=O) groups is 1. The van der Waals surface area contributed by atoms with Gasteiger partial charge in [0, 0.05) is 12.6 Å². The number of phenolic OH excluding ortho intramolecular Hbond substituents is 2. The Morgan fingerprint density at radius 1 is 1.41 bits per heavy atom. The molecule has 0 saturated heterocycles. The van der Waals surface area contributed by atoms with Gasteiger partial charge in [-0.3, -0.25) is 4.79 Å². The molecule has 6 nitrogen and oxygen atoms in total. The lowest BCUT2D eigenvalue weighted by Gasteiger charge is -2.15. The lowest BCUT2D eigenvalue weighted by Crippen LogP contribution is -2.43. The highest BCUT2D eigenvalue weighted by molar-refractivity contribution is 5.99. The largest absolute Gasteiger partial charge is 0.507 e. The summed E-state index contributed by atoms with van der Waals surface area (Å²) in [5, 5.41) is 30.4. The van der Waals surface area contributed by atoms with Gasteiger partial charge in [0.1, 0.15) is 17.1 Å². The Labute approximate surface area is 98.7 Å². The molecular formula is C11H16N2O4. The second-order valence-corrected chi connectivity index (χ2v) is 3.79. The van der Waals surface area contributed by atoms with E-state index in [0.29, 0.717) is 0 Å². The van der Waals surface area contributed by atoms with Gasteiger partial charge in [0.05, 0.1) is 6.10 Å². The number of nitrogens with one attached hydrogen (secondary N) is 1. The van der Waals surface area contributed by atoms with Crippen molar-refractivity contribution >= 4 is 5.91 Å². The van der Waals surface area contributed by atoms with E-state index < -0.39 is 18.1 Å². The summed E-state index contributed by atoms with van der Waals surface area (Å²) in [6, 6.07) is 3.40. The predicted octanol–water partition coefficient (Wildman–Crippen LogP) is -0.464. The van der Waals surface area contributed by atoms with Crippen LogP contribution in [0.15, 0.2) is 18.2 Å². The summed E-state index contributed by atoms with van der Waals surface area (Å²) in [4.78, 5) is 11.6. The first-order valence-corrected chi connectivity index (χ1v) is 5.16. The molecule has 1 aromatic rings. The van der Waals surface area contributed by atoms with E-state index in [1.165, 1.54) is 25.1 Å². The Morgan fingerprint density at radius 3 is 2.41 bits per heavy atom. The average Bonchev–Trinajstić information content (AvgIpc) is 2.25. The van der Waals surface area contributed by atoms with Crippen LogP contribution >= 0.6 is 0 Å². The van der Waals surface area contributed by atoms with Crippen molar-refractivity contribution in [3.05, 3.63) is 23.8 Å². The highest BCUT2D eigenvalue weighted by Crippen LogP contribution is 2.25. The molecule has 2 unspecified atom stereocenters. The minimum atomic E-state index is -0.756. The topological polar surface area (TPSA) is 116 Å². The summed E-state index contributed by atoms with van der Waals surface area (Å²) in [6.07, 6.45) is -0.756. The maximum Gasteiger partial charge on any atom is 0.258 e. The molecule has 0 aliphatic heterocycles. The molecule has 17 heavy (non-hydrogen) atoms. The van der Waals surface area contributed by atoms with E-state index in [2.05, 4.69) is 5.32 Å². The zero-order valence-electron chi connectivity index (χ0n) is 9.42. The molecule has 94 valence electrons. The molecule has 1 rings (SSSR count). The van der Waals surface area contributed by atoms with Crippen LogP contribution in [0, 0.1) is 0 Å². The highest BCUT2D eigenvalue weighted by Gasteiger charge is 2.17. The fourth-order valence-electron chi connectivity index (χ4n) is 1.23. The van der Waals surface area contributed by atoms with Crippen LogP contribution in [0.3, 0.4) is 0 Å². The van der Waals surface area contributed by atoms with E-state index >= 15 is 0 Å². The number of hydrogen-bond acceptors (Lipinski definition) is 5. The molecule has 0 bridgehead atoms. The molecule has 0 saturated carbocycles. The zero-order valence-corrected chi connectivity index (χ0v) is 9.42. The maximum atomic E-state index is 11.6. The molecule has 1 aromatic carbocycles. The Kier molecular flexibility index (Phi) is 4.30. The van der Waals surface area contributed by atoms with Crippen LogP contribution in [0.4, 0.5) is 0 Å². The second-order valence-electron chi connectivity index (χ2n) is 3.79. The first kappa shape index (κ1) is 13.3. The number of amides is 1. The summed E-state index contributed by atoms with van der Waals surface area (Å²) in [6.45, 7) is 1.55. The van der Waals surface area contributed by atoms with Gasteiger partial charge in [-0.1, -0.05) is 6.07 Å². The van der Waals surface area contributed by atoms with Crippen LogP contribution in [-0.2, 0) is 0 Å². The fraction of sp³-hybridized carbons (Fsp3) is 0.364. The Hall–Kier alpha value is -1.79. The minimum absolute atomic E-state index is 0.0459. The number of rotatable bonds is 4. The normalized spacial score (nSPS) is 14.1. The van der Waals surface area contributed by atoms with Gasteiger partial charge in [-0.05, 0) is 19.1 Å². The van der Waals surface area contributed by atoms with E-state index in [4.69, 9.17) is 10.8 Å². The van der Waals surface area contributed by atoms with Crippen LogP contribution < -0.4 is 11.1 Å². The van der Waals surface area contributed by atoms with Crippen LogP contribution in [-0.4, -0.2) is 39.9 Å². The van der Waals surface area contributed by atoms with Gasteiger partial charge in [0.25, 0.3) is 5.91 Å². The number of aromatic hydroxyl groups is 2. The van der Waals surface area contributed by atoms with Crippen LogP contribution in [0.25, 0.3) is 0 Å². The molecule has 6 heteroatoms. The van der Waals surface area contributed by atoms with Crippen LogP contribution in [0.1, 0.15) is 17.3 Å². The van der Waals surface area contributed by atoms with E-state index in [1.807, 2.05) is 0 Å². The molecule has 1 amide bonds. The van der Waals surface area contributed by atoms with Crippen LogP contribution in [0.5, 0.6) is 11.5 Å². The molecule has 2 atom stereocenters. The van der Waals surface area contributed by atoms with Gasteiger partial charge in [-0.25, -0.2) is 0 Å². The van der Waals surface area contributed by atoms with Crippen molar-refractivity contribution in [1.82, 2.24) is 5.32 Å². The highest BCUT2D eigenvalue weighted by atomic mass is 16.3. The predicted molar refractivity (Wildman–Crippen MR) is 61.8 cm³/mol. The smallest absolute Gasteiger partial charge is 0.258 e. The summed E-state index contributed by atoms with van der Waals surface area (Å²) in [5.74, 6) is -1.27. The van der Waals surface area contributed by atoms with Crippen molar-refractivity contribution in [1.29, 1.82) is 0 Å². The van der Waals surface area contributed by atoms with E-state index in [9.17, 15) is 15.0 Å². The number of phenols is 2. The molecule has 0 radical (unpaired) electrons. The van der Waals surface area contributed by atoms with Crippen molar-refractivity contribution in [3.8, 4) is 11.5 Å². The summed E-state index contributed by atoms with van der Waals surface area (Å²) in [7, 11) is 0. The van der Waals surface area contributed by atoms with Crippen molar-refractivity contribution in [3.63, 3.8) is 0 Å². The number of aliphatic hydroxyl groups is 1. The van der Waals surface area contributed by atoms with Crippen molar-refractivity contribution in [2.75, 3.05) is 6.54 Å². The maximum absolute atomic E-state index is 11.6.